The number of rotatable bonds is 8. The van der Waals surface area contributed by atoms with E-state index in [9.17, 15) is 9.59 Å². The molecule has 1 saturated heterocycles. The third-order valence-electron chi connectivity index (χ3n) is 5.70. The Morgan fingerprint density at radius 1 is 1.19 bits per heavy atom. The zero-order valence-corrected chi connectivity index (χ0v) is 17.3. The highest BCUT2D eigenvalue weighted by Gasteiger charge is 2.31. The first-order valence-electron chi connectivity index (χ1n) is 10.5. The number of nitrogens with one attached hydrogen (secondary N) is 3. The topological polar surface area (TPSA) is 130 Å². The lowest BCUT2D eigenvalue weighted by molar-refractivity contribution is -0.122. The van der Waals surface area contributed by atoms with Gasteiger partial charge in [-0.2, -0.15) is 10.4 Å². The zero-order chi connectivity index (χ0) is 21.6. The van der Waals surface area contributed by atoms with Gasteiger partial charge in [-0.3, -0.25) is 19.6 Å². The van der Waals surface area contributed by atoms with Crippen molar-refractivity contribution in [3.8, 4) is 6.07 Å². The van der Waals surface area contributed by atoms with Crippen LogP contribution < -0.4 is 15.5 Å². The van der Waals surface area contributed by atoms with E-state index < -0.39 is 11.9 Å². The number of aromatic nitrogens is 3. The fourth-order valence-corrected chi connectivity index (χ4v) is 3.83. The Bertz CT molecular complexity index is 925. The Balaban J connectivity index is 1.36. The van der Waals surface area contributed by atoms with E-state index in [-0.39, 0.29) is 18.9 Å². The van der Waals surface area contributed by atoms with Crippen molar-refractivity contribution in [1.29, 1.82) is 5.26 Å². The van der Waals surface area contributed by atoms with Gasteiger partial charge in [0.15, 0.2) is 0 Å². The van der Waals surface area contributed by atoms with E-state index in [0.717, 1.165) is 37.9 Å². The Hall–Kier alpha value is -3.45. The zero-order valence-electron chi connectivity index (χ0n) is 17.3. The molecule has 1 aromatic heterocycles. The highest BCUT2D eigenvalue weighted by molar-refractivity contribution is 5.97. The second-order valence-corrected chi connectivity index (χ2v) is 7.84. The minimum atomic E-state index is -0.871. The largest absolute Gasteiger partial charge is 0.369 e. The molecule has 10 heteroatoms. The molecule has 2 amide bonds. The maximum Gasteiger partial charge on any atom is 0.251 e. The van der Waals surface area contributed by atoms with Gasteiger partial charge in [0.05, 0.1) is 6.07 Å². The Labute approximate surface area is 180 Å². The molecule has 2 aromatic rings. The first-order chi connectivity index (χ1) is 15.1. The molecule has 0 radical (unpaired) electrons. The summed E-state index contributed by atoms with van der Waals surface area (Å²) in [6, 6.07) is 9.23. The summed E-state index contributed by atoms with van der Waals surface area (Å²) < 4.78 is 0. The summed E-state index contributed by atoms with van der Waals surface area (Å²) in [4.78, 5) is 34.0. The van der Waals surface area contributed by atoms with Crippen LogP contribution >= 0.6 is 0 Å². The van der Waals surface area contributed by atoms with Crippen LogP contribution in [0.3, 0.4) is 0 Å². The standard InChI is InChI=1S/C21H26N8O2/c22-7-8-23-21(31)18(13-19-24-14-25-27-19)26-20(30)15-1-3-16(4-2-15)28-9-11-29(12-10-28)17-5-6-17/h1-4,14,17-18H,5-6,8-13H2,(H,23,31)(H,26,30)(H,24,25,27)/t18-/m0/s1. The van der Waals surface area contributed by atoms with E-state index in [1.807, 2.05) is 18.2 Å². The van der Waals surface area contributed by atoms with Gasteiger partial charge in [0, 0.05) is 49.9 Å². The van der Waals surface area contributed by atoms with Crippen molar-refractivity contribution in [2.45, 2.75) is 31.3 Å². The molecule has 0 bridgehead atoms. The molecule has 1 aromatic carbocycles. The summed E-state index contributed by atoms with van der Waals surface area (Å²) in [5, 5.41) is 20.4. The van der Waals surface area contributed by atoms with Crippen LogP contribution in [0.5, 0.6) is 0 Å². The van der Waals surface area contributed by atoms with Crippen LogP contribution in [0.15, 0.2) is 30.6 Å². The van der Waals surface area contributed by atoms with Gasteiger partial charge < -0.3 is 15.5 Å². The number of H-pyrrole nitrogens is 1. The SMILES string of the molecule is N#CCNC(=O)[C@H](Cc1ncn[nH]1)NC(=O)c1ccc(N2CCN(C3CC3)CC2)cc1. The highest BCUT2D eigenvalue weighted by atomic mass is 16.2. The van der Waals surface area contributed by atoms with Crippen LogP contribution in [0.1, 0.15) is 29.0 Å². The van der Waals surface area contributed by atoms with Crippen molar-refractivity contribution >= 4 is 17.5 Å². The number of amides is 2. The lowest BCUT2D eigenvalue weighted by Gasteiger charge is -2.36. The number of piperazine rings is 1. The van der Waals surface area contributed by atoms with E-state index in [1.165, 1.54) is 19.2 Å². The highest BCUT2D eigenvalue weighted by Crippen LogP contribution is 2.28. The molecule has 10 nitrogen and oxygen atoms in total. The van der Waals surface area contributed by atoms with Crippen LogP contribution in [0, 0.1) is 11.3 Å². The normalized spacial score (nSPS) is 17.6. The van der Waals surface area contributed by atoms with Crippen molar-refractivity contribution < 1.29 is 9.59 Å². The van der Waals surface area contributed by atoms with E-state index in [1.54, 1.807) is 12.1 Å². The first-order valence-corrected chi connectivity index (χ1v) is 10.5. The molecule has 4 rings (SSSR count). The minimum absolute atomic E-state index is 0.135. The van der Waals surface area contributed by atoms with E-state index in [2.05, 4.69) is 35.6 Å². The van der Waals surface area contributed by atoms with Crippen LogP contribution in [-0.4, -0.2) is 76.7 Å². The van der Waals surface area contributed by atoms with E-state index in [4.69, 9.17) is 5.26 Å². The Morgan fingerprint density at radius 2 is 1.94 bits per heavy atom. The third-order valence-corrected chi connectivity index (χ3v) is 5.70. The second-order valence-electron chi connectivity index (χ2n) is 7.84. The molecule has 2 aliphatic rings. The molecule has 1 saturated carbocycles. The molecular formula is C21H26N8O2. The number of carbonyl (C=O) groups is 2. The van der Waals surface area contributed by atoms with Gasteiger partial charge in [-0.05, 0) is 37.1 Å². The number of benzene rings is 1. The lowest BCUT2D eigenvalue weighted by atomic mass is 10.1. The molecule has 162 valence electrons. The minimum Gasteiger partial charge on any atom is -0.369 e. The molecule has 31 heavy (non-hydrogen) atoms. The maximum atomic E-state index is 12.8. The molecule has 2 fully saturated rings. The molecule has 3 N–H and O–H groups in total. The summed E-state index contributed by atoms with van der Waals surface area (Å²) in [6.45, 7) is 3.99. The second kappa shape index (κ2) is 9.57. The van der Waals surface area contributed by atoms with Crippen molar-refractivity contribution in [3.63, 3.8) is 0 Å². The predicted octanol–water partition coefficient (Wildman–Crippen LogP) is 0.0700. The Kier molecular flexibility index (Phi) is 6.43. The summed E-state index contributed by atoms with van der Waals surface area (Å²) in [5.41, 5.74) is 1.56. The van der Waals surface area contributed by atoms with Crippen molar-refractivity contribution in [2.24, 2.45) is 0 Å². The number of carbonyl (C=O) groups excluding carboxylic acids is 2. The molecule has 1 aliphatic carbocycles. The summed E-state index contributed by atoms with van der Waals surface area (Å²) in [6.07, 6.45) is 4.14. The van der Waals surface area contributed by atoms with Crippen LogP contribution in [-0.2, 0) is 11.2 Å². The maximum absolute atomic E-state index is 12.8. The van der Waals surface area contributed by atoms with Gasteiger partial charge >= 0.3 is 0 Å². The predicted molar refractivity (Wildman–Crippen MR) is 113 cm³/mol. The number of nitriles is 1. The van der Waals surface area contributed by atoms with Gasteiger partial charge in [0.2, 0.25) is 5.91 Å². The number of hydrogen-bond acceptors (Lipinski definition) is 7. The molecular weight excluding hydrogens is 396 g/mol. The number of hydrogen-bond donors (Lipinski definition) is 3. The van der Waals surface area contributed by atoms with Gasteiger partial charge in [-0.15, -0.1) is 0 Å². The molecule has 1 atom stereocenters. The smallest absolute Gasteiger partial charge is 0.251 e. The monoisotopic (exact) mass is 422 g/mol. The van der Waals surface area contributed by atoms with Crippen molar-refractivity contribution in [2.75, 3.05) is 37.6 Å². The lowest BCUT2D eigenvalue weighted by Crippen LogP contribution is -2.48. The number of nitrogens with zero attached hydrogens (tertiary/aromatic N) is 5. The first kappa shape index (κ1) is 20.8. The van der Waals surface area contributed by atoms with E-state index >= 15 is 0 Å². The van der Waals surface area contributed by atoms with Gasteiger partial charge in [0.25, 0.3) is 5.91 Å². The molecule has 0 unspecified atom stereocenters. The van der Waals surface area contributed by atoms with Crippen LogP contribution in [0.4, 0.5) is 5.69 Å². The molecule has 0 spiro atoms. The van der Waals surface area contributed by atoms with Gasteiger partial charge in [-0.1, -0.05) is 0 Å². The van der Waals surface area contributed by atoms with Crippen molar-refractivity contribution in [1.82, 2.24) is 30.7 Å². The fourth-order valence-electron chi connectivity index (χ4n) is 3.83. The van der Waals surface area contributed by atoms with Gasteiger partial charge in [-0.25, -0.2) is 4.98 Å². The summed E-state index contributed by atoms with van der Waals surface area (Å²) >= 11 is 0. The van der Waals surface area contributed by atoms with Crippen LogP contribution in [0.2, 0.25) is 0 Å². The summed E-state index contributed by atoms with van der Waals surface area (Å²) in [7, 11) is 0. The van der Waals surface area contributed by atoms with Crippen LogP contribution in [0.25, 0.3) is 0 Å². The van der Waals surface area contributed by atoms with E-state index in [0.29, 0.717) is 11.4 Å². The fraction of sp³-hybridized carbons (Fsp3) is 0.476. The average molecular weight is 422 g/mol. The quantitative estimate of drug-likeness (QED) is 0.513. The number of anilines is 1. The van der Waals surface area contributed by atoms with Crippen molar-refractivity contribution in [3.05, 3.63) is 42.0 Å². The molecule has 1 aliphatic heterocycles. The molecule has 2 heterocycles. The average Bonchev–Trinajstić information content (AvgIpc) is 3.53. The summed E-state index contributed by atoms with van der Waals surface area (Å²) in [5.74, 6) is -0.337. The third kappa shape index (κ3) is 5.38. The van der Waals surface area contributed by atoms with Gasteiger partial charge in [0.1, 0.15) is 24.7 Å². The Morgan fingerprint density at radius 3 is 2.55 bits per heavy atom. The number of aromatic amines is 1.